The van der Waals surface area contributed by atoms with Crippen LogP contribution in [0, 0.1) is 0 Å². The maximum atomic E-state index is 13.8. The zero-order chi connectivity index (χ0) is 23.2. The van der Waals surface area contributed by atoms with Crippen molar-refractivity contribution >= 4 is 29.0 Å². The number of aromatic nitrogens is 2. The molecule has 7 nitrogen and oxygen atoms in total. The van der Waals surface area contributed by atoms with E-state index in [1.807, 2.05) is 5.32 Å². The Morgan fingerprint density at radius 2 is 1.84 bits per heavy atom. The molecule has 172 valence electrons. The molecule has 0 unspecified atom stereocenters. The van der Waals surface area contributed by atoms with Gasteiger partial charge in [-0.3, -0.25) is 9.59 Å². The van der Waals surface area contributed by atoms with Gasteiger partial charge in [-0.2, -0.15) is 13.2 Å². The third-order valence-electron chi connectivity index (χ3n) is 5.61. The van der Waals surface area contributed by atoms with Gasteiger partial charge in [-0.05, 0) is 31.7 Å². The lowest BCUT2D eigenvalue weighted by Crippen LogP contribution is -2.35. The molecule has 0 atom stereocenters. The number of nitrogens with two attached hydrogens (primary N) is 1. The number of fused-ring (bicyclic) bond motifs is 2. The van der Waals surface area contributed by atoms with Crippen LogP contribution >= 0.6 is 11.3 Å². The lowest BCUT2D eigenvalue weighted by atomic mass is 10.0. The molecule has 0 aromatic carbocycles. The van der Waals surface area contributed by atoms with Gasteiger partial charge in [0, 0.05) is 29.4 Å². The second-order valence-corrected chi connectivity index (χ2v) is 8.66. The lowest BCUT2D eigenvalue weighted by molar-refractivity contribution is -0.115. The van der Waals surface area contributed by atoms with E-state index in [0.29, 0.717) is 11.3 Å². The molecule has 2 aromatic heterocycles. The van der Waals surface area contributed by atoms with E-state index in [1.165, 1.54) is 0 Å². The van der Waals surface area contributed by atoms with E-state index in [9.17, 15) is 31.5 Å². The van der Waals surface area contributed by atoms with Crippen LogP contribution in [0.5, 0.6) is 0 Å². The quantitative estimate of drug-likeness (QED) is 0.616. The van der Waals surface area contributed by atoms with Crippen LogP contribution in [0.3, 0.4) is 0 Å². The van der Waals surface area contributed by atoms with Crippen LogP contribution in [0.2, 0.25) is 0 Å². The third kappa shape index (κ3) is 4.25. The molecule has 2 aromatic rings. The predicted molar refractivity (Wildman–Crippen MR) is 106 cm³/mol. The number of halogens is 5. The van der Waals surface area contributed by atoms with Crippen molar-refractivity contribution in [2.75, 3.05) is 11.9 Å². The summed E-state index contributed by atoms with van der Waals surface area (Å²) in [4.78, 5) is 34.5. The summed E-state index contributed by atoms with van der Waals surface area (Å²) in [6.45, 7) is -1.45. The Bertz CT molecular complexity index is 1040. The average Bonchev–Trinajstić information content (AvgIpc) is 3.45. The van der Waals surface area contributed by atoms with Gasteiger partial charge < -0.3 is 16.0 Å². The third-order valence-corrected chi connectivity index (χ3v) is 6.72. The number of nitrogens with one attached hydrogen (secondary N) is 1. The number of nitrogens with zero attached hydrogens (tertiary/aromatic N) is 3. The molecule has 32 heavy (non-hydrogen) atoms. The highest BCUT2D eigenvalue weighted by Gasteiger charge is 2.44. The molecule has 2 saturated heterocycles. The van der Waals surface area contributed by atoms with Crippen molar-refractivity contribution in [2.45, 2.75) is 50.4 Å². The molecule has 2 amide bonds. The minimum absolute atomic E-state index is 0.0136. The van der Waals surface area contributed by atoms with Crippen molar-refractivity contribution in [3.8, 4) is 10.4 Å². The molecule has 2 aliphatic heterocycles. The molecule has 2 fully saturated rings. The van der Waals surface area contributed by atoms with Crippen molar-refractivity contribution in [3.05, 3.63) is 28.5 Å². The maximum Gasteiger partial charge on any atom is 0.405 e. The Kier molecular flexibility index (Phi) is 5.77. The molecule has 0 saturated carbocycles. The summed E-state index contributed by atoms with van der Waals surface area (Å²) in [7, 11) is 0. The summed E-state index contributed by atoms with van der Waals surface area (Å²) in [6.07, 6.45) is -3.35. The first-order valence-electron chi connectivity index (χ1n) is 9.77. The molecule has 0 aliphatic carbocycles. The number of pyridine rings is 1. The molecule has 0 radical (unpaired) electrons. The Balaban J connectivity index is 1.75. The number of hydrogen-bond donors (Lipinski definition) is 2. The largest absolute Gasteiger partial charge is 0.405 e. The number of thiazole rings is 1. The van der Waals surface area contributed by atoms with Crippen molar-refractivity contribution in [3.63, 3.8) is 0 Å². The summed E-state index contributed by atoms with van der Waals surface area (Å²) < 4.78 is 65.0. The summed E-state index contributed by atoms with van der Waals surface area (Å²) in [5.41, 5.74) is 4.30. The summed E-state index contributed by atoms with van der Waals surface area (Å²) in [6, 6.07) is 0.852. The second kappa shape index (κ2) is 8.26. The lowest BCUT2D eigenvalue weighted by Gasteiger charge is -2.21. The number of primary amides is 1. The van der Waals surface area contributed by atoms with Crippen LogP contribution < -0.4 is 11.1 Å². The van der Waals surface area contributed by atoms with E-state index in [0.717, 1.165) is 37.9 Å². The fourth-order valence-electron chi connectivity index (χ4n) is 4.25. The molecular formula is C19H18F5N5O2S. The van der Waals surface area contributed by atoms with Crippen molar-refractivity contribution in [1.82, 2.24) is 14.9 Å². The number of carbonyl (C=O) groups excluding carboxylic acids is 2. The minimum Gasteiger partial charge on any atom is -0.364 e. The van der Waals surface area contributed by atoms with Crippen molar-refractivity contribution in [2.24, 2.45) is 5.73 Å². The number of alkyl halides is 5. The average molecular weight is 475 g/mol. The fourth-order valence-corrected chi connectivity index (χ4v) is 5.19. The van der Waals surface area contributed by atoms with E-state index in [4.69, 9.17) is 5.73 Å². The van der Waals surface area contributed by atoms with E-state index in [-0.39, 0.29) is 33.2 Å². The summed E-state index contributed by atoms with van der Waals surface area (Å²) in [5.74, 6) is -1.80. The van der Waals surface area contributed by atoms with Gasteiger partial charge in [0.05, 0.1) is 4.88 Å². The first-order chi connectivity index (χ1) is 15.0. The van der Waals surface area contributed by atoms with E-state index < -0.39 is 42.3 Å². The molecule has 13 heteroatoms. The molecule has 3 N–H and O–H groups in total. The van der Waals surface area contributed by atoms with Gasteiger partial charge in [0.1, 0.15) is 18.1 Å². The normalized spacial score (nSPS) is 20.2. The van der Waals surface area contributed by atoms with E-state index in [2.05, 4.69) is 9.97 Å². The highest BCUT2D eigenvalue weighted by molar-refractivity contribution is 7.17. The summed E-state index contributed by atoms with van der Waals surface area (Å²) >= 11 is 0.679. The zero-order valence-electron chi connectivity index (χ0n) is 16.5. The van der Waals surface area contributed by atoms with Crippen LogP contribution in [-0.2, 0) is 0 Å². The van der Waals surface area contributed by atoms with Crippen LogP contribution in [0.4, 0.5) is 27.8 Å². The van der Waals surface area contributed by atoms with Gasteiger partial charge in [-0.1, -0.05) is 0 Å². The first-order valence-corrected chi connectivity index (χ1v) is 10.6. The van der Waals surface area contributed by atoms with Crippen molar-refractivity contribution in [1.29, 1.82) is 0 Å². The number of carbonyl (C=O) groups is 2. The smallest absolute Gasteiger partial charge is 0.364 e. The topological polar surface area (TPSA) is 101 Å². The Labute approximate surface area is 182 Å². The minimum atomic E-state index is -4.56. The maximum absolute atomic E-state index is 13.8. The van der Waals surface area contributed by atoms with E-state index in [1.54, 1.807) is 4.90 Å². The fraction of sp³-hybridized carbons (Fsp3) is 0.474. The van der Waals surface area contributed by atoms with Crippen molar-refractivity contribution < 1.29 is 31.5 Å². The van der Waals surface area contributed by atoms with Gasteiger partial charge >= 0.3 is 6.18 Å². The number of hydrogen-bond acceptors (Lipinski definition) is 6. The molecule has 0 spiro atoms. The number of anilines is 1. The molecule has 2 bridgehead atoms. The monoisotopic (exact) mass is 475 g/mol. The second-order valence-electron chi connectivity index (χ2n) is 7.66. The van der Waals surface area contributed by atoms with Gasteiger partial charge in [-0.15, -0.1) is 11.3 Å². The first kappa shape index (κ1) is 22.4. The predicted octanol–water partition coefficient (Wildman–Crippen LogP) is 3.98. The summed E-state index contributed by atoms with van der Waals surface area (Å²) in [5, 5.41) is 1.73. The van der Waals surface area contributed by atoms with Crippen LogP contribution in [0.25, 0.3) is 10.4 Å². The Morgan fingerprint density at radius 3 is 2.38 bits per heavy atom. The SMILES string of the molecule is NC(=O)c1nc(C(=O)N2C3CCC2CC3)c(-c2cnc(NCC(F)(F)F)cc2C(F)F)s1. The number of rotatable bonds is 6. The number of amides is 2. The van der Waals surface area contributed by atoms with Crippen LogP contribution in [-0.4, -0.2) is 51.5 Å². The van der Waals surface area contributed by atoms with Gasteiger partial charge in [0.2, 0.25) is 0 Å². The molecule has 4 rings (SSSR count). The standard InChI is InChI=1S/C19H18F5N5O2S/c20-15(21)10-5-12(27-7-19(22,23)24)26-6-11(10)14-13(28-17(32-14)16(25)30)18(31)29-8-1-2-9(29)4-3-8/h5-6,8-9,15H,1-4,7H2,(H2,25,30)(H,26,27). The van der Waals surface area contributed by atoms with Gasteiger partial charge in [0.15, 0.2) is 5.01 Å². The zero-order valence-corrected chi connectivity index (χ0v) is 17.3. The van der Waals surface area contributed by atoms with Crippen LogP contribution in [0.15, 0.2) is 12.3 Å². The highest BCUT2D eigenvalue weighted by atomic mass is 32.1. The van der Waals surface area contributed by atoms with E-state index >= 15 is 0 Å². The van der Waals surface area contributed by atoms with Gasteiger partial charge in [0.25, 0.3) is 18.2 Å². The van der Waals surface area contributed by atoms with Gasteiger partial charge in [-0.25, -0.2) is 18.7 Å². The molecule has 2 aliphatic rings. The molecule has 4 heterocycles. The Morgan fingerprint density at radius 1 is 1.22 bits per heavy atom. The Hall–Kier alpha value is -2.83. The van der Waals surface area contributed by atoms with Crippen LogP contribution in [0.1, 0.15) is 58.0 Å². The highest BCUT2D eigenvalue weighted by Crippen LogP contribution is 2.42. The molecular weight excluding hydrogens is 457 g/mol.